The van der Waals surface area contributed by atoms with Crippen molar-refractivity contribution in [1.82, 2.24) is 0 Å². The van der Waals surface area contributed by atoms with E-state index in [0.29, 0.717) is 17.4 Å². The summed E-state index contributed by atoms with van der Waals surface area (Å²) in [4.78, 5) is 35.8. The van der Waals surface area contributed by atoms with Gasteiger partial charge in [0.25, 0.3) is 0 Å². The summed E-state index contributed by atoms with van der Waals surface area (Å²) in [6.07, 6.45) is 86.0. The molecule has 466 valence electrons. The molecule has 0 fully saturated rings. The second kappa shape index (κ2) is 61.2. The number of hydrogen-bond donors (Lipinski definition) is 1. The van der Waals surface area contributed by atoms with E-state index in [0.717, 1.165) is 103 Å². The largest absolute Gasteiger partial charge is 0.472 e. The van der Waals surface area contributed by atoms with Crippen LogP contribution in [0.15, 0.2) is 109 Å². The molecule has 0 aliphatic carbocycles. The van der Waals surface area contributed by atoms with Crippen molar-refractivity contribution < 1.29 is 42.1 Å². The minimum atomic E-state index is -4.40. The minimum Gasteiger partial charge on any atom is -0.462 e. The van der Waals surface area contributed by atoms with E-state index in [9.17, 15) is 19.0 Å². The van der Waals surface area contributed by atoms with Gasteiger partial charge in [0.1, 0.15) is 19.8 Å². The van der Waals surface area contributed by atoms with Crippen LogP contribution in [0.2, 0.25) is 0 Å². The number of carbonyl (C=O) groups excluding carboxylic acids is 2. The molecule has 0 saturated carbocycles. The summed E-state index contributed by atoms with van der Waals surface area (Å²) < 4.78 is 34.7. The molecule has 0 amide bonds. The van der Waals surface area contributed by atoms with Crippen molar-refractivity contribution in [3.8, 4) is 0 Å². The van der Waals surface area contributed by atoms with Crippen LogP contribution < -0.4 is 0 Å². The molecule has 1 N–H and O–H groups in total. The minimum absolute atomic E-state index is 0.0257. The maximum absolute atomic E-state index is 12.9. The second-order valence-corrected chi connectivity index (χ2v) is 24.6. The van der Waals surface area contributed by atoms with Crippen LogP contribution in [-0.4, -0.2) is 74.9 Å². The molecule has 2 atom stereocenters. The van der Waals surface area contributed by atoms with Gasteiger partial charge in [0, 0.05) is 12.8 Å². The summed E-state index contributed by atoms with van der Waals surface area (Å²) in [6.45, 7) is 4.33. The van der Waals surface area contributed by atoms with Crippen molar-refractivity contribution >= 4 is 19.8 Å². The number of hydrogen-bond acceptors (Lipinski definition) is 7. The zero-order valence-corrected chi connectivity index (χ0v) is 53.9. The summed E-state index contributed by atoms with van der Waals surface area (Å²) in [7, 11) is 1.46. The quantitative estimate of drug-likeness (QED) is 0.0211. The predicted molar refractivity (Wildman–Crippen MR) is 348 cm³/mol. The number of allylic oxidation sites excluding steroid dienone is 18. The van der Waals surface area contributed by atoms with Gasteiger partial charge in [0.05, 0.1) is 27.7 Å². The Bertz CT molecular complexity index is 1730. The zero-order chi connectivity index (χ0) is 59.1. The van der Waals surface area contributed by atoms with Crippen LogP contribution in [0.4, 0.5) is 0 Å². The first kappa shape index (κ1) is 77.7. The number of rotatable bonds is 60. The summed E-state index contributed by atoms with van der Waals surface area (Å²) in [6, 6.07) is 0. The fourth-order valence-corrected chi connectivity index (χ4v) is 9.75. The Labute approximate surface area is 499 Å². The highest BCUT2D eigenvalue weighted by Crippen LogP contribution is 2.43. The third-order valence-electron chi connectivity index (χ3n) is 14.1. The fraction of sp³-hybridized carbons (Fsp3) is 0.718. The Morgan fingerprint density at radius 2 is 0.704 bits per heavy atom. The monoisotopic (exact) mass is 1150 g/mol. The molecule has 0 aromatic heterocycles. The fourth-order valence-electron chi connectivity index (χ4n) is 9.01. The Morgan fingerprint density at radius 3 is 1.05 bits per heavy atom. The molecule has 0 aromatic carbocycles. The highest BCUT2D eigenvalue weighted by atomic mass is 31.2. The average molecular weight is 1150 g/mol. The number of esters is 2. The highest BCUT2D eigenvalue weighted by molar-refractivity contribution is 7.47. The third-order valence-corrected chi connectivity index (χ3v) is 15.1. The number of quaternary nitrogens is 1. The number of phosphoric ester groups is 1. The third kappa shape index (κ3) is 65.7. The normalized spacial score (nSPS) is 13.9. The van der Waals surface area contributed by atoms with Crippen molar-refractivity contribution in [2.75, 3.05) is 47.5 Å². The smallest absolute Gasteiger partial charge is 0.462 e. The van der Waals surface area contributed by atoms with Crippen molar-refractivity contribution in [1.29, 1.82) is 0 Å². The summed E-state index contributed by atoms with van der Waals surface area (Å²) in [5, 5.41) is 0. The molecule has 81 heavy (non-hydrogen) atoms. The van der Waals surface area contributed by atoms with E-state index in [-0.39, 0.29) is 32.0 Å². The Morgan fingerprint density at radius 1 is 0.395 bits per heavy atom. The first-order chi connectivity index (χ1) is 39.5. The van der Waals surface area contributed by atoms with Crippen LogP contribution in [0.25, 0.3) is 0 Å². The van der Waals surface area contributed by atoms with Crippen LogP contribution in [0.1, 0.15) is 277 Å². The number of likely N-dealkylation sites (N-methyl/N-ethyl adjacent to an activating group) is 1. The molecule has 0 spiro atoms. The van der Waals surface area contributed by atoms with Crippen LogP contribution in [-0.2, 0) is 32.7 Å². The van der Waals surface area contributed by atoms with Gasteiger partial charge in [-0.15, -0.1) is 0 Å². The molecule has 0 bridgehead atoms. The average Bonchev–Trinajstić information content (AvgIpc) is 3.43. The van der Waals surface area contributed by atoms with Crippen LogP contribution in [0, 0.1) is 0 Å². The first-order valence-corrected chi connectivity index (χ1v) is 34.6. The van der Waals surface area contributed by atoms with E-state index in [1.165, 1.54) is 141 Å². The molecule has 9 nitrogen and oxygen atoms in total. The molecule has 0 aliphatic heterocycles. The lowest BCUT2D eigenvalue weighted by Gasteiger charge is -2.24. The molecule has 0 aromatic rings. The molecule has 0 aliphatic rings. The van der Waals surface area contributed by atoms with Gasteiger partial charge in [-0.25, -0.2) is 4.57 Å². The molecule has 0 saturated heterocycles. The molecular formula is C71H125NO8P+. The number of nitrogens with zero attached hydrogens (tertiary/aromatic N) is 1. The van der Waals surface area contributed by atoms with Crippen molar-refractivity contribution in [2.24, 2.45) is 0 Å². The SMILES string of the molecule is CC/C=C\C/C=C\C/C=C\C/C=C\C/C=C\C/C=C\C/C=C\C/C=C\C/C=C\CCCCCCCCCC(=O)OC(COC(=O)CCCCCCCCCCCCCCCCCCCCCCCC)COP(=O)(O)OCC[N+](C)(C)C. The van der Waals surface area contributed by atoms with Crippen molar-refractivity contribution in [3.63, 3.8) is 0 Å². The van der Waals surface area contributed by atoms with Gasteiger partial charge in [-0.2, -0.15) is 0 Å². The maximum atomic E-state index is 12.9. The Kier molecular flexibility index (Phi) is 58.7. The summed E-state index contributed by atoms with van der Waals surface area (Å²) in [5.74, 6) is -0.806. The van der Waals surface area contributed by atoms with E-state index in [4.69, 9.17) is 18.5 Å². The molecule has 0 radical (unpaired) electrons. The van der Waals surface area contributed by atoms with Gasteiger partial charge in [-0.3, -0.25) is 18.6 Å². The highest BCUT2D eigenvalue weighted by Gasteiger charge is 2.27. The van der Waals surface area contributed by atoms with Crippen LogP contribution in [0.5, 0.6) is 0 Å². The number of phosphoric acid groups is 1. The predicted octanol–water partition coefficient (Wildman–Crippen LogP) is 21.3. The Hall–Kier alpha value is -3.33. The maximum Gasteiger partial charge on any atom is 0.472 e. The molecule has 2 unspecified atom stereocenters. The van der Waals surface area contributed by atoms with E-state index in [1.54, 1.807) is 0 Å². The topological polar surface area (TPSA) is 108 Å². The summed E-state index contributed by atoms with van der Waals surface area (Å²) in [5.41, 5.74) is 0. The van der Waals surface area contributed by atoms with Gasteiger partial charge >= 0.3 is 19.8 Å². The number of ether oxygens (including phenoxy) is 2. The van der Waals surface area contributed by atoms with E-state index in [1.807, 2.05) is 21.1 Å². The molecular weight excluding hydrogens is 1030 g/mol. The van der Waals surface area contributed by atoms with Gasteiger partial charge in [0.15, 0.2) is 6.10 Å². The van der Waals surface area contributed by atoms with E-state index in [2.05, 4.69) is 123 Å². The molecule has 0 heterocycles. The lowest BCUT2D eigenvalue weighted by molar-refractivity contribution is -0.870. The number of unbranched alkanes of at least 4 members (excludes halogenated alkanes) is 28. The molecule has 10 heteroatoms. The van der Waals surface area contributed by atoms with Crippen molar-refractivity contribution in [3.05, 3.63) is 109 Å². The standard InChI is InChI=1S/C71H124NO8P/c1-6-8-10-12-14-16-18-20-22-24-26-28-30-31-32-33-34-35-36-37-38-39-40-41-42-44-46-48-50-52-54-56-58-60-62-64-71(74)80-69(68-79-81(75,76)78-66-65-72(3,4)5)67-77-70(73)63-61-59-57-55-53-51-49-47-45-43-29-27-25-23-21-19-17-15-13-11-9-7-2/h8,10,14,16,20,22,26,28,31-32,34-35,37-38,40-41,44,46,69H,6-7,9,11-13,15,17-19,21,23-25,27,29-30,33,36,39,42-43,45,47-68H2,1-5H3/p+1/b10-8-,16-14-,22-20-,28-26-,32-31-,35-34-,38-37-,41-40-,46-44-. The van der Waals surface area contributed by atoms with E-state index >= 15 is 0 Å². The first-order valence-electron chi connectivity index (χ1n) is 33.1. The van der Waals surface area contributed by atoms with Crippen LogP contribution in [0.3, 0.4) is 0 Å². The molecule has 0 rings (SSSR count). The van der Waals surface area contributed by atoms with Gasteiger partial charge in [0.2, 0.25) is 0 Å². The Balaban J connectivity index is 4.15. The van der Waals surface area contributed by atoms with Gasteiger partial charge in [-0.05, 0) is 83.5 Å². The zero-order valence-electron chi connectivity index (χ0n) is 53.0. The lowest BCUT2D eigenvalue weighted by Crippen LogP contribution is -2.37. The van der Waals surface area contributed by atoms with E-state index < -0.39 is 26.5 Å². The number of carbonyl (C=O) groups is 2. The van der Waals surface area contributed by atoms with Gasteiger partial charge in [-0.1, -0.05) is 290 Å². The van der Waals surface area contributed by atoms with Crippen LogP contribution >= 0.6 is 7.82 Å². The summed E-state index contributed by atoms with van der Waals surface area (Å²) >= 11 is 0. The van der Waals surface area contributed by atoms with Crippen molar-refractivity contribution in [2.45, 2.75) is 283 Å². The lowest BCUT2D eigenvalue weighted by atomic mass is 10.0. The van der Waals surface area contributed by atoms with Gasteiger partial charge < -0.3 is 18.9 Å². The second-order valence-electron chi connectivity index (χ2n) is 23.1.